The highest BCUT2D eigenvalue weighted by Gasteiger charge is 2.02. The van der Waals surface area contributed by atoms with Gasteiger partial charge in [-0.25, -0.2) is 4.39 Å². The SMILES string of the molecule is Cc1cc(F)ccc1CNCc1cn[nH]c1C. The number of aryl methyl sites for hydroxylation is 2. The van der Waals surface area contributed by atoms with Crippen molar-refractivity contribution in [2.24, 2.45) is 0 Å². The van der Waals surface area contributed by atoms with Gasteiger partial charge in [0, 0.05) is 24.3 Å². The van der Waals surface area contributed by atoms with Crippen molar-refractivity contribution in [3.8, 4) is 0 Å². The molecule has 2 aromatic rings. The van der Waals surface area contributed by atoms with Gasteiger partial charge in [0.2, 0.25) is 0 Å². The first-order valence-corrected chi connectivity index (χ1v) is 5.61. The number of H-pyrrole nitrogens is 1. The monoisotopic (exact) mass is 233 g/mol. The molecule has 0 aliphatic carbocycles. The molecule has 4 heteroatoms. The zero-order valence-electron chi connectivity index (χ0n) is 10.0. The van der Waals surface area contributed by atoms with E-state index in [1.807, 2.05) is 26.1 Å². The van der Waals surface area contributed by atoms with Gasteiger partial charge in [0.05, 0.1) is 6.20 Å². The van der Waals surface area contributed by atoms with Crippen molar-refractivity contribution in [1.82, 2.24) is 15.5 Å². The molecule has 17 heavy (non-hydrogen) atoms. The molecule has 0 amide bonds. The van der Waals surface area contributed by atoms with Crippen molar-refractivity contribution in [3.05, 3.63) is 52.6 Å². The van der Waals surface area contributed by atoms with Crippen LogP contribution in [0.1, 0.15) is 22.4 Å². The molecule has 0 unspecified atom stereocenters. The Morgan fingerprint density at radius 2 is 2.00 bits per heavy atom. The predicted octanol–water partition coefficient (Wildman–Crippen LogP) is 2.46. The second-order valence-corrected chi connectivity index (χ2v) is 4.19. The molecular weight excluding hydrogens is 217 g/mol. The van der Waals surface area contributed by atoms with E-state index in [0.29, 0.717) is 0 Å². The Morgan fingerprint density at radius 1 is 1.24 bits per heavy atom. The third-order valence-electron chi connectivity index (χ3n) is 2.87. The lowest BCUT2D eigenvalue weighted by Gasteiger charge is -2.07. The minimum absolute atomic E-state index is 0.183. The van der Waals surface area contributed by atoms with E-state index in [0.717, 1.165) is 35.5 Å². The third kappa shape index (κ3) is 2.91. The molecule has 2 rings (SSSR count). The number of rotatable bonds is 4. The molecule has 0 saturated carbocycles. The van der Waals surface area contributed by atoms with Gasteiger partial charge in [-0.05, 0) is 37.1 Å². The van der Waals surface area contributed by atoms with Crippen LogP contribution in [-0.4, -0.2) is 10.2 Å². The van der Waals surface area contributed by atoms with E-state index in [4.69, 9.17) is 0 Å². The first kappa shape index (κ1) is 11.8. The lowest BCUT2D eigenvalue weighted by molar-refractivity contribution is 0.623. The summed E-state index contributed by atoms with van der Waals surface area (Å²) in [6, 6.07) is 4.87. The maximum absolute atomic E-state index is 12.9. The lowest BCUT2D eigenvalue weighted by Crippen LogP contribution is -2.13. The van der Waals surface area contributed by atoms with Crippen molar-refractivity contribution in [2.75, 3.05) is 0 Å². The molecular formula is C13H16FN3. The minimum atomic E-state index is -0.183. The first-order valence-electron chi connectivity index (χ1n) is 5.61. The number of aromatic nitrogens is 2. The van der Waals surface area contributed by atoms with Crippen molar-refractivity contribution >= 4 is 0 Å². The molecule has 0 bridgehead atoms. The molecule has 0 fully saturated rings. The molecule has 0 spiro atoms. The third-order valence-corrected chi connectivity index (χ3v) is 2.87. The van der Waals surface area contributed by atoms with Crippen LogP contribution in [-0.2, 0) is 13.1 Å². The predicted molar refractivity (Wildman–Crippen MR) is 65.0 cm³/mol. The summed E-state index contributed by atoms with van der Waals surface area (Å²) in [7, 11) is 0. The van der Waals surface area contributed by atoms with Gasteiger partial charge in [-0.1, -0.05) is 6.07 Å². The van der Waals surface area contributed by atoms with E-state index in [2.05, 4.69) is 15.5 Å². The Hall–Kier alpha value is -1.68. The summed E-state index contributed by atoms with van der Waals surface area (Å²) in [5, 5.41) is 10.2. The highest BCUT2D eigenvalue weighted by atomic mass is 19.1. The standard InChI is InChI=1S/C13H16FN3/c1-9-5-13(14)4-3-11(9)6-15-7-12-8-16-17-10(12)2/h3-5,8,15H,6-7H2,1-2H3,(H,16,17). The van der Waals surface area contributed by atoms with Crippen LogP contribution in [0.5, 0.6) is 0 Å². The topological polar surface area (TPSA) is 40.7 Å². The van der Waals surface area contributed by atoms with Crippen LogP contribution >= 0.6 is 0 Å². The average Bonchev–Trinajstić information content (AvgIpc) is 2.68. The number of benzene rings is 1. The van der Waals surface area contributed by atoms with Gasteiger partial charge >= 0.3 is 0 Å². The van der Waals surface area contributed by atoms with Gasteiger partial charge in [-0.2, -0.15) is 5.10 Å². The summed E-state index contributed by atoms with van der Waals surface area (Å²) >= 11 is 0. The normalized spacial score (nSPS) is 10.8. The van der Waals surface area contributed by atoms with Gasteiger partial charge < -0.3 is 5.32 Å². The Morgan fingerprint density at radius 3 is 2.65 bits per heavy atom. The van der Waals surface area contributed by atoms with Gasteiger partial charge in [0.1, 0.15) is 5.82 Å². The van der Waals surface area contributed by atoms with Gasteiger partial charge in [-0.15, -0.1) is 0 Å². The van der Waals surface area contributed by atoms with Gasteiger partial charge in [0.25, 0.3) is 0 Å². The van der Waals surface area contributed by atoms with Crippen LogP contribution in [0.25, 0.3) is 0 Å². The molecule has 0 radical (unpaired) electrons. The highest BCUT2D eigenvalue weighted by molar-refractivity contribution is 5.26. The Balaban J connectivity index is 1.92. The minimum Gasteiger partial charge on any atom is -0.308 e. The zero-order valence-corrected chi connectivity index (χ0v) is 10.0. The summed E-state index contributed by atoms with van der Waals surface area (Å²) in [4.78, 5) is 0. The number of aromatic amines is 1. The molecule has 1 aromatic carbocycles. The van der Waals surface area contributed by atoms with E-state index in [1.165, 1.54) is 6.07 Å². The van der Waals surface area contributed by atoms with E-state index >= 15 is 0 Å². The van der Waals surface area contributed by atoms with Crippen molar-refractivity contribution < 1.29 is 4.39 Å². The summed E-state index contributed by atoms with van der Waals surface area (Å²) in [6.45, 7) is 5.41. The van der Waals surface area contributed by atoms with Crippen molar-refractivity contribution in [3.63, 3.8) is 0 Å². The van der Waals surface area contributed by atoms with Crippen molar-refractivity contribution in [2.45, 2.75) is 26.9 Å². The second-order valence-electron chi connectivity index (χ2n) is 4.19. The molecule has 1 heterocycles. The van der Waals surface area contributed by atoms with E-state index in [9.17, 15) is 4.39 Å². The molecule has 0 saturated heterocycles. The maximum Gasteiger partial charge on any atom is 0.123 e. The van der Waals surface area contributed by atoms with E-state index in [-0.39, 0.29) is 5.82 Å². The average molecular weight is 233 g/mol. The second kappa shape index (κ2) is 5.10. The van der Waals surface area contributed by atoms with Crippen LogP contribution in [0.15, 0.2) is 24.4 Å². The molecule has 0 atom stereocenters. The largest absolute Gasteiger partial charge is 0.308 e. The first-order chi connectivity index (χ1) is 8.16. The summed E-state index contributed by atoms with van der Waals surface area (Å²) in [5.74, 6) is -0.183. The van der Waals surface area contributed by atoms with Gasteiger partial charge in [-0.3, -0.25) is 5.10 Å². The number of halogens is 1. The number of nitrogens with one attached hydrogen (secondary N) is 2. The fraction of sp³-hybridized carbons (Fsp3) is 0.308. The summed E-state index contributed by atoms with van der Waals surface area (Å²) in [5.41, 5.74) is 4.33. The fourth-order valence-corrected chi connectivity index (χ4v) is 1.74. The molecule has 90 valence electrons. The summed E-state index contributed by atoms with van der Waals surface area (Å²) in [6.07, 6.45) is 1.82. The van der Waals surface area contributed by atoms with E-state index in [1.54, 1.807) is 6.07 Å². The Kier molecular flexibility index (Phi) is 3.54. The molecule has 3 nitrogen and oxygen atoms in total. The quantitative estimate of drug-likeness (QED) is 0.851. The summed E-state index contributed by atoms with van der Waals surface area (Å²) < 4.78 is 12.9. The molecule has 0 aliphatic heterocycles. The number of nitrogens with zero attached hydrogens (tertiary/aromatic N) is 1. The van der Waals surface area contributed by atoms with Crippen LogP contribution in [0.4, 0.5) is 4.39 Å². The Bertz CT molecular complexity index is 505. The number of hydrogen-bond acceptors (Lipinski definition) is 2. The molecule has 2 N–H and O–H groups in total. The van der Waals surface area contributed by atoms with Crippen LogP contribution in [0.3, 0.4) is 0 Å². The van der Waals surface area contributed by atoms with E-state index < -0.39 is 0 Å². The number of hydrogen-bond donors (Lipinski definition) is 2. The van der Waals surface area contributed by atoms with Crippen LogP contribution in [0, 0.1) is 19.7 Å². The Labute approximate surface area is 100 Å². The van der Waals surface area contributed by atoms with Crippen LogP contribution in [0.2, 0.25) is 0 Å². The van der Waals surface area contributed by atoms with Gasteiger partial charge in [0.15, 0.2) is 0 Å². The smallest absolute Gasteiger partial charge is 0.123 e. The molecule has 0 aliphatic rings. The molecule has 1 aromatic heterocycles. The highest BCUT2D eigenvalue weighted by Crippen LogP contribution is 2.10. The maximum atomic E-state index is 12.9. The zero-order chi connectivity index (χ0) is 12.3. The van der Waals surface area contributed by atoms with Crippen molar-refractivity contribution in [1.29, 1.82) is 0 Å². The fourth-order valence-electron chi connectivity index (χ4n) is 1.74. The van der Waals surface area contributed by atoms with Crippen LogP contribution < -0.4 is 5.32 Å². The lowest BCUT2D eigenvalue weighted by atomic mass is 10.1.